The molecule has 0 atom stereocenters. The van der Waals surface area contributed by atoms with Crippen LogP contribution in [0.1, 0.15) is 0 Å². The molecule has 0 bridgehead atoms. The van der Waals surface area contributed by atoms with Crippen molar-refractivity contribution in [2.45, 2.75) is 0 Å². The van der Waals surface area contributed by atoms with Crippen molar-refractivity contribution < 1.29 is 34.1 Å². The van der Waals surface area contributed by atoms with E-state index in [0.29, 0.717) is 0 Å². The van der Waals surface area contributed by atoms with Crippen LogP contribution in [0.3, 0.4) is 0 Å². The molecule has 0 heterocycles. The van der Waals surface area contributed by atoms with E-state index in [2.05, 4.69) is 0 Å². The molecule has 0 aliphatic heterocycles. The van der Waals surface area contributed by atoms with Gasteiger partial charge in [0, 0.05) is 0 Å². The predicted octanol–water partition coefficient (Wildman–Crippen LogP) is -3.38. The van der Waals surface area contributed by atoms with Gasteiger partial charge >= 0.3 is 29.6 Å². The van der Waals surface area contributed by atoms with E-state index < -0.39 is 7.59 Å². The molecule has 0 amide bonds. The molecule has 5 nitrogen and oxygen atoms in total. The van der Waals surface area contributed by atoms with Crippen LogP contribution in [0.4, 0.5) is 0 Å². The molecule has 0 saturated carbocycles. The fourth-order valence-corrected chi connectivity index (χ4v) is 3.22. The first kappa shape index (κ1) is 21.0. The molecule has 0 aromatic heterocycles. The van der Waals surface area contributed by atoms with E-state index in [0.717, 1.165) is 0 Å². The van der Waals surface area contributed by atoms with Gasteiger partial charge in [0.2, 0.25) is 0 Å². The number of nitrogens with zero attached hydrogens (tertiary/aromatic N) is 4. The summed E-state index contributed by atoms with van der Waals surface area (Å²) < 4.78 is 17.3. The van der Waals surface area contributed by atoms with Crippen molar-refractivity contribution >= 4 is 15.4 Å². The first-order chi connectivity index (χ1) is 6.24. The number of nitriles is 1. The minimum Gasteiger partial charge on any atom is -0.270 e. The second-order valence-corrected chi connectivity index (χ2v) is 6.48. The third-order valence-electron chi connectivity index (χ3n) is 1.56. The Labute approximate surface area is 117 Å². The predicted molar refractivity (Wildman–Crippen MR) is 64.2 cm³/mol. The molecule has 0 fully saturated rings. The molecule has 0 rings (SSSR count). The Morgan fingerprint density at radius 2 is 1.13 bits per heavy atom. The van der Waals surface area contributed by atoms with E-state index in [4.69, 9.17) is 5.26 Å². The molecule has 0 N–H and O–H groups in total. The average molecular weight is 242 g/mol. The molecule has 0 aliphatic rings. The number of rotatable bonds is 3. The maximum atomic E-state index is 12.1. The fraction of sp³-hybridized carbons (Fsp3) is 0.857. The molecular weight excluding hydrogens is 221 g/mol. The van der Waals surface area contributed by atoms with E-state index in [1.807, 2.05) is 48.3 Å². The Morgan fingerprint density at radius 1 is 1.00 bits per heavy atom. The Balaban J connectivity index is -0.000000320. The molecule has 0 unspecified atom stereocenters. The van der Waals surface area contributed by atoms with Gasteiger partial charge in [-0.05, 0) is 42.3 Å². The maximum absolute atomic E-state index is 12.1. The van der Waals surface area contributed by atoms with Gasteiger partial charge in [0.1, 0.15) is 0 Å². The van der Waals surface area contributed by atoms with Crippen LogP contribution >= 0.6 is 7.59 Å². The summed E-state index contributed by atoms with van der Waals surface area (Å²) in [6.07, 6.45) is 0. The van der Waals surface area contributed by atoms with Gasteiger partial charge in [-0.3, -0.25) is 9.83 Å². The van der Waals surface area contributed by atoms with Crippen LogP contribution in [-0.4, -0.2) is 64.1 Å². The Bertz CT molecular complexity index is 213. The number of hydrogen-bond donors (Lipinski definition) is 0. The van der Waals surface area contributed by atoms with Crippen molar-refractivity contribution in [3.05, 3.63) is 0 Å². The molecule has 8 heteroatoms. The normalized spacial score (nSPS) is 10.5. The maximum Gasteiger partial charge on any atom is 1.00 e. The summed E-state index contributed by atoms with van der Waals surface area (Å²) in [7, 11) is 8.56. The topological polar surface area (TPSA) is 50.6 Å². The van der Waals surface area contributed by atoms with Gasteiger partial charge in [0.15, 0.2) is 0 Å². The van der Waals surface area contributed by atoms with Crippen molar-refractivity contribution in [2.75, 3.05) is 42.3 Å². The summed E-state index contributed by atoms with van der Waals surface area (Å²) in [4.78, 5) is 0. The van der Waals surface area contributed by atoms with E-state index in [9.17, 15) is 4.57 Å². The molecule has 0 aromatic carbocycles. The molecule has 15 heavy (non-hydrogen) atoms. The van der Waals surface area contributed by atoms with Gasteiger partial charge in [-0.2, -0.15) is 5.97 Å². The van der Waals surface area contributed by atoms with Crippen molar-refractivity contribution in [2.24, 2.45) is 0 Å². The summed E-state index contributed by atoms with van der Waals surface area (Å²) in [6.45, 7) is 0. The molecular formula is C7H21BN4NaOP. The van der Waals surface area contributed by atoms with Gasteiger partial charge in [0.25, 0.3) is 7.59 Å². The first-order valence-electron chi connectivity index (χ1n) is 3.69. The summed E-state index contributed by atoms with van der Waals surface area (Å²) in [5, 5.41) is 7.43. The SMILES string of the molecule is CN(C)P(=O)(N(C)C)N(C)C.[BH3-]C#N.[Na+]. The van der Waals surface area contributed by atoms with E-state index in [1.54, 1.807) is 14.0 Å². The van der Waals surface area contributed by atoms with Crippen LogP contribution in [-0.2, 0) is 4.57 Å². The zero-order valence-electron chi connectivity index (χ0n) is 10.1. The van der Waals surface area contributed by atoms with Gasteiger partial charge in [-0.1, -0.05) is 0 Å². The smallest absolute Gasteiger partial charge is 0.270 e. The molecule has 0 aliphatic carbocycles. The molecule has 0 saturated heterocycles. The first-order valence-corrected chi connectivity index (χ1v) is 5.25. The largest absolute Gasteiger partial charge is 1.00 e. The molecule has 0 aromatic rings. The van der Waals surface area contributed by atoms with E-state index >= 15 is 0 Å². The van der Waals surface area contributed by atoms with Crippen LogP contribution in [0.2, 0.25) is 0 Å². The summed E-state index contributed by atoms with van der Waals surface area (Å²) >= 11 is 0. The van der Waals surface area contributed by atoms with Crippen LogP contribution in [0.15, 0.2) is 0 Å². The van der Waals surface area contributed by atoms with Crippen molar-refractivity contribution in [3.8, 4) is 5.97 Å². The third-order valence-corrected chi connectivity index (χ3v) is 4.69. The zero-order valence-corrected chi connectivity index (χ0v) is 13.0. The Kier molecular flexibility index (Phi) is 13.8. The van der Waals surface area contributed by atoms with Gasteiger partial charge in [-0.25, -0.2) is 14.0 Å². The summed E-state index contributed by atoms with van der Waals surface area (Å²) in [5.74, 6) is 2.00. The zero-order chi connectivity index (χ0) is 11.9. The minimum atomic E-state index is -2.44. The second kappa shape index (κ2) is 9.86. The summed E-state index contributed by atoms with van der Waals surface area (Å²) in [5.41, 5.74) is 0. The van der Waals surface area contributed by atoms with Crippen LogP contribution in [0.5, 0.6) is 0 Å². The van der Waals surface area contributed by atoms with Crippen LogP contribution in [0, 0.1) is 11.2 Å². The van der Waals surface area contributed by atoms with E-state index in [1.165, 1.54) is 0 Å². The Hall–Kier alpha value is 0.665. The van der Waals surface area contributed by atoms with Crippen LogP contribution < -0.4 is 29.6 Å². The van der Waals surface area contributed by atoms with Crippen molar-refractivity contribution in [1.82, 2.24) is 14.0 Å². The fourth-order valence-electron chi connectivity index (χ4n) is 1.07. The minimum absolute atomic E-state index is 0. The quantitative estimate of drug-likeness (QED) is 0.381. The molecule has 84 valence electrons. The summed E-state index contributed by atoms with van der Waals surface area (Å²) in [6, 6.07) is 0. The van der Waals surface area contributed by atoms with Crippen LogP contribution in [0.25, 0.3) is 0 Å². The van der Waals surface area contributed by atoms with Gasteiger partial charge < -0.3 is 0 Å². The van der Waals surface area contributed by atoms with Crippen molar-refractivity contribution in [1.29, 1.82) is 5.26 Å². The number of hydrogen-bond acceptors (Lipinski definition) is 2. The van der Waals surface area contributed by atoms with Gasteiger partial charge in [-0.15, -0.1) is 0 Å². The molecule has 0 radical (unpaired) electrons. The molecule has 0 spiro atoms. The van der Waals surface area contributed by atoms with Gasteiger partial charge in [0.05, 0.1) is 7.85 Å². The standard InChI is InChI=1S/C6H18N3OP.CH3BN.Na/c1-7(2)11(10,8(3)4)9(5)6;2-1-3;/h1-6H3;2H3;/q;-1;+1. The monoisotopic (exact) mass is 242 g/mol. The Morgan fingerprint density at radius 3 is 1.13 bits per heavy atom. The average Bonchev–Trinajstić information content (AvgIpc) is 2.03. The van der Waals surface area contributed by atoms with Crippen molar-refractivity contribution in [3.63, 3.8) is 0 Å². The van der Waals surface area contributed by atoms with E-state index in [-0.39, 0.29) is 37.4 Å². The third kappa shape index (κ3) is 6.75. The second-order valence-electron chi connectivity index (χ2n) is 3.05.